The Balaban J connectivity index is 1.89. The van der Waals surface area contributed by atoms with Crippen molar-refractivity contribution in [3.05, 3.63) is 24.2 Å². The van der Waals surface area contributed by atoms with Crippen LogP contribution in [0.5, 0.6) is 0 Å². The number of rotatable bonds is 2. The summed E-state index contributed by atoms with van der Waals surface area (Å²) in [5, 5.41) is 0. The van der Waals surface area contributed by atoms with Crippen molar-refractivity contribution in [1.29, 1.82) is 0 Å². The van der Waals surface area contributed by atoms with Crippen molar-refractivity contribution >= 4 is 11.2 Å². The molecule has 1 saturated carbocycles. The Morgan fingerprint density at radius 2 is 2.19 bits per heavy atom. The van der Waals surface area contributed by atoms with Gasteiger partial charge in [-0.25, -0.2) is 4.98 Å². The summed E-state index contributed by atoms with van der Waals surface area (Å²) in [7, 11) is 0. The van der Waals surface area contributed by atoms with Gasteiger partial charge in [0.05, 0.1) is 0 Å². The Hall–Kier alpha value is -1.42. The SMILES string of the molecule is NC1(Cc2nc3ncccc3o2)CCCC1. The van der Waals surface area contributed by atoms with Crippen LogP contribution in [-0.2, 0) is 6.42 Å². The smallest absolute Gasteiger partial charge is 0.198 e. The van der Waals surface area contributed by atoms with Crippen molar-refractivity contribution < 1.29 is 4.42 Å². The molecular weight excluding hydrogens is 202 g/mol. The molecule has 16 heavy (non-hydrogen) atoms. The predicted octanol–water partition coefficient (Wildman–Crippen LogP) is 2.04. The Morgan fingerprint density at radius 3 is 2.94 bits per heavy atom. The molecule has 84 valence electrons. The second-order valence-corrected chi connectivity index (χ2v) is 4.68. The Morgan fingerprint density at radius 1 is 1.38 bits per heavy atom. The third kappa shape index (κ3) is 1.69. The first-order valence-corrected chi connectivity index (χ1v) is 5.75. The zero-order chi connectivity index (χ0) is 11.0. The second-order valence-electron chi connectivity index (χ2n) is 4.68. The van der Waals surface area contributed by atoms with E-state index in [1.54, 1.807) is 6.20 Å². The van der Waals surface area contributed by atoms with Crippen LogP contribution < -0.4 is 5.73 Å². The quantitative estimate of drug-likeness (QED) is 0.836. The molecular formula is C12H15N3O. The highest BCUT2D eigenvalue weighted by molar-refractivity contribution is 5.66. The molecule has 4 nitrogen and oxygen atoms in total. The molecule has 3 rings (SSSR count). The molecule has 0 bridgehead atoms. The monoisotopic (exact) mass is 217 g/mol. The van der Waals surface area contributed by atoms with Gasteiger partial charge in [0, 0.05) is 18.2 Å². The second kappa shape index (κ2) is 3.56. The standard InChI is InChI=1S/C12H15N3O/c13-12(5-1-2-6-12)8-10-15-11-9(16-10)4-3-7-14-11/h3-4,7H,1-2,5-6,8,13H2. The van der Waals surface area contributed by atoms with Gasteiger partial charge in [-0.05, 0) is 25.0 Å². The van der Waals surface area contributed by atoms with E-state index in [0.29, 0.717) is 5.65 Å². The third-order valence-corrected chi connectivity index (χ3v) is 3.31. The fraction of sp³-hybridized carbons (Fsp3) is 0.500. The van der Waals surface area contributed by atoms with E-state index < -0.39 is 0 Å². The van der Waals surface area contributed by atoms with Gasteiger partial charge in [-0.15, -0.1) is 0 Å². The minimum absolute atomic E-state index is 0.110. The molecule has 0 amide bonds. The topological polar surface area (TPSA) is 64.9 Å². The predicted molar refractivity (Wildman–Crippen MR) is 60.9 cm³/mol. The van der Waals surface area contributed by atoms with Gasteiger partial charge in [0.2, 0.25) is 0 Å². The van der Waals surface area contributed by atoms with Crippen LogP contribution in [0.1, 0.15) is 31.6 Å². The van der Waals surface area contributed by atoms with Crippen LogP contribution in [0.15, 0.2) is 22.7 Å². The molecule has 1 aliphatic rings. The lowest BCUT2D eigenvalue weighted by molar-refractivity contribution is 0.385. The zero-order valence-corrected chi connectivity index (χ0v) is 9.15. The van der Waals surface area contributed by atoms with E-state index in [0.717, 1.165) is 30.7 Å². The molecule has 1 aliphatic carbocycles. The number of nitrogens with two attached hydrogens (primary N) is 1. The average molecular weight is 217 g/mol. The Kier molecular flexibility index (Phi) is 2.17. The highest BCUT2D eigenvalue weighted by Crippen LogP contribution is 2.30. The minimum atomic E-state index is -0.110. The summed E-state index contributed by atoms with van der Waals surface area (Å²) >= 11 is 0. The molecule has 0 unspecified atom stereocenters. The van der Waals surface area contributed by atoms with Crippen molar-refractivity contribution in [2.45, 2.75) is 37.6 Å². The summed E-state index contributed by atoms with van der Waals surface area (Å²) in [6.07, 6.45) is 7.02. The van der Waals surface area contributed by atoms with Gasteiger partial charge >= 0.3 is 0 Å². The molecule has 2 aromatic rings. The summed E-state index contributed by atoms with van der Waals surface area (Å²) in [5.74, 6) is 0.720. The molecule has 0 spiro atoms. The van der Waals surface area contributed by atoms with Crippen molar-refractivity contribution in [1.82, 2.24) is 9.97 Å². The van der Waals surface area contributed by atoms with E-state index in [1.807, 2.05) is 12.1 Å². The first-order chi connectivity index (χ1) is 7.75. The molecule has 2 heterocycles. The van der Waals surface area contributed by atoms with E-state index in [9.17, 15) is 0 Å². The number of fused-ring (bicyclic) bond motifs is 1. The molecule has 0 saturated heterocycles. The van der Waals surface area contributed by atoms with Crippen LogP contribution in [0, 0.1) is 0 Å². The lowest BCUT2D eigenvalue weighted by Gasteiger charge is -2.20. The largest absolute Gasteiger partial charge is 0.439 e. The van der Waals surface area contributed by atoms with Crippen LogP contribution in [0.4, 0.5) is 0 Å². The summed E-state index contributed by atoms with van der Waals surface area (Å²) < 4.78 is 5.64. The van der Waals surface area contributed by atoms with Crippen LogP contribution in [0.2, 0.25) is 0 Å². The lowest BCUT2D eigenvalue weighted by atomic mass is 9.95. The van der Waals surface area contributed by atoms with Gasteiger partial charge in [-0.3, -0.25) is 0 Å². The third-order valence-electron chi connectivity index (χ3n) is 3.31. The van der Waals surface area contributed by atoms with Crippen LogP contribution in [-0.4, -0.2) is 15.5 Å². The minimum Gasteiger partial charge on any atom is -0.439 e. The summed E-state index contributed by atoms with van der Waals surface area (Å²) in [6, 6.07) is 3.74. The van der Waals surface area contributed by atoms with E-state index >= 15 is 0 Å². The average Bonchev–Trinajstić information content (AvgIpc) is 2.84. The first kappa shape index (κ1) is 9.78. The van der Waals surface area contributed by atoms with Crippen LogP contribution in [0.25, 0.3) is 11.2 Å². The fourth-order valence-electron chi connectivity index (χ4n) is 2.45. The van der Waals surface area contributed by atoms with Crippen LogP contribution in [0.3, 0.4) is 0 Å². The van der Waals surface area contributed by atoms with Gasteiger partial charge < -0.3 is 10.2 Å². The normalized spacial score (nSPS) is 19.3. The van der Waals surface area contributed by atoms with E-state index in [2.05, 4.69) is 9.97 Å². The van der Waals surface area contributed by atoms with Gasteiger partial charge in [0.1, 0.15) is 0 Å². The number of hydrogen-bond donors (Lipinski definition) is 1. The van der Waals surface area contributed by atoms with Crippen molar-refractivity contribution in [3.63, 3.8) is 0 Å². The summed E-state index contributed by atoms with van der Waals surface area (Å²) in [4.78, 5) is 8.52. The molecule has 4 heteroatoms. The first-order valence-electron chi connectivity index (χ1n) is 5.75. The number of hydrogen-bond acceptors (Lipinski definition) is 4. The summed E-state index contributed by atoms with van der Waals surface area (Å²) in [5.41, 5.74) is 7.61. The van der Waals surface area contributed by atoms with Crippen molar-refractivity contribution in [2.24, 2.45) is 5.73 Å². The molecule has 2 aromatic heterocycles. The number of aromatic nitrogens is 2. The molecule has 2 N–H and O–H groups in total. The van der Waals surface area contributed by atoms with E-state index in [-0.39, 0.29) is 5.54 Å². The Labute approximate surface area is 93.9 Å². The van der Waals surface area contributed by atoms with Gasteiger partial charge in [0.25, 0.3) is 0 Å². The van der Waals surface area contributed by atoms with Gasteiger partial charge in [-0.2, -0.15) is 4.98 Å². The molecule has 0 aliphatic heterocycles. The molecule has 0 atom stereocenters. The number of pyridine rings is 1. The molecule has 1 fully saturated rings. The Bertz CT molecular complexity index is 467. The molecule has 0 aromatic carbocycles. The fourth-order valence-corrected chi connectivity index (χ4v) is 2.45. The maximum absolute atomic E-state index is 6.29. The maximum atomic E-state index is 6.29. The van der Waals surface area contributed by atoms with Crippen molar-refractivity contribution in [3.8, 4) is 0 Å². The maximum Gasteiger partial charge on any atom is 0.198 e. The number of nitrogens with zero attached hydrogens (tertiary/aromatic N) is 2. The van der Waals surface area contributed by atoms with Gasteiger partial charge in [0.15, 0.2) is 17.1 Å². The van der Waals surface area contributed by atoms with Gasteiger partial charge in [-0.1, -0.05) is 12.8 Å². The van der Waals surface area contributed by atoms with E-state index in [4.69, 9.17) is 10.2 Å². The lowest BCUT2D eigenvalue weighted by Crippen LogP contribution is -2.38. The van der Waals surface area contributed by atoms with Crippen LogP contribution >= 0.6 is 0 Å². The van der Waals surface area contributed by atoms with Crippen molar-refractivity contribution in [2.75, 3.05) is 0 Å². The molecule has 0 radical (unpaired) electrons. The van der Waals surface area contributed by atoms with E-state index in [1.165, 1.54) is 12.8 Å². The number of oxazole rings is 1. The highest BCUT2D eigenvalue weighted by atomic mass is 16.3. The summed E-state index contributed by atoms with van der Waals surface area (Å²) in [6.45, 7) is 0. The zero-order valence-electron chi connectivity index (χ0n) is 9.15. The highest BCUT2D eigenvalue weighted by Gasteiger charge is 2.31.